The second kappa shape index (κ2) is 9.27. The number of nitrogens with zero attached hydrogens (tertiary/aromatic N) is 3. The molecule has 0 bridgehead atoms. The predicted molar refractivity (Wildman–Crippen MR) is 134 cm³/mol. The fraction of sp³-hybridized carbons (Fsp3) is 0.120. The van der Waals surface area contributed by atoms with Crippen LogP contribution in [0.5, 0.6) is 11.5 Å². The van der Waals surface area contributed by atoms with Crippen LogP contribution in [0.3, 0.4) is 0 Å². The number of carbonyl (C=O) groups excluding carboxylic acids is 1. The topological polar surface area (TPSA) is 136 Å². The van der Waals surface area contributed by atoms with Gasteiger partial charge in [0.15, 0.2) is 17.1 Å². The van der Waals surface area contributed by atoms with Crippen molar-refractivity contribution in [3.63, 3.8) is 0 Å². The van der Waals surface area contributed by atoms with E-state index in [2.05, 4.69) is 37.5 Å². The van der Waals surface area contributed by atoms with Crippen LogP contribution in [0.2, 0.25) is 0 Å². The van der Waals surface area contributed by atoms with E-state index >= 15 is 0 Å². The lowest BCUT2D eigenvalue weighted by atomic mass is 10.1. The molecule has 5 N–H and O–H groups in total. The van der Waals surface area contributed by atoms with Gasteiger partial charge in [-0.1, -0.05) is 36.9 Å². The first-order chi connectivity index (χ1) is 17.0. The summed E-state index contributed by atoms with van der Waals surface area (Å²) < 4.78 is 11.2. The lowest BCUT2D eigenvalue weighted by Gasteiger charge is -2.13. The van der Waals surface area contributed by atoms with E-state index in [0.29, 0.717) is 40.3 Å². The van der Waals surface area contributed by atoms with Gasteiger partial charge >= 0.3 is 6.03 Å². The van der Waals surface area contributed by atoms with Crippen molar-refractivity contribution < 1.29 is 14.3 Å². The van der Waals surface area contributed by atoms with Crippen LogP contribution >= 0.6 is 0 Å². The number of fused-ring (bicyclic) bond motifs is 2. The minimum absolute atomic E-state index is 0.253. The van der Waals surface area contributed by atoms with E-state index in [1.54, 1.807) is 25.3 Å². The second-order valence-corrected chi connectivity index (χ2v) is 7.90. The molecule has 2 aromatic heterocycles. The first-order valence-electron chi connectivity index (χ1n) is 10.9. The minimum atomic E-state index is -0.492. The monoisotopic (exact) mass is 469 g/mol. The summed E-state index contributed by atoms with van der Waals surface area (Å²) in [4.78, 5) is 26.0. The standard InChI is InChI=1S/C25H23N7O3/c1-14(2)28-25(33)32-23-18(15-6-4-3-5-7-15)10-16-13-27-24(31-22(16)30-23)29-17-8-9-19-20(11-17)35-21(12-26)34-19/h3-11,13,21H,1,12,26H2,2H3,(H3,27,28,29,30,31,32,33). The summed E-state index contributed by atoms with van der Waals surface area (Å²) in [7, 11) is 0. The number of benzene rings is 2. The second-order valence-electron chi connectivity index (χ2n) is 7.90. The van der Waals surface area contributed by atoms with Gasteiger partial charge in [0, 0.05) is 34.6 Å². The zero-order valence-corrected chi connectivity index (χ0v) is 18.9. The molecule has 176 valence electrons. The molecular weight excluding hydrogens is 446 g/mol. The average Bonchev–Trinajstić information content (AvgIpc) is 3.26. The number of rotatable bonds is 6. The van der Waals surface area contributed by atoms with Crippen molar-refractivity contribution in [3.05, 3.63) is 73.1 Å². The molecule has 0 saturated carbocycles. The van der Waals surface area contributed by atoms with Crippen LogP contribution in [-0.2, 0) is 0 Å². The molecule has 1 aliphatic rings. The van der Waals surface area contributed by atoms with E-state index in [0.717, 1.165) is 16.5 Å². The maximum Gasteiger partial charge on any atom is 0.324 e. The normalized spacial score (nSPS) is 13.9. The largest absolute Gasteiger partial charge is 0.450 e. The van der Waals surface area contributed by atoms with Gasteiger partial charge in [-0.2, -0.15) is 4.98 Å². The Kier molecular flexibility index (Phi) is 5.86. The highest BCUT2D eigenvalue weighted by Gasteiger charge is 2.23. The smallest absolute Gasteiger partial charge is 0.324 e. The molecule has 1 atom stereocenters. The molecule has 10 nitrogen and oxygen atoms in total. The fourth-order valence-electron chi connectivity index (χ4n) is 3.60. The SMILES string of the molecule is C=C(C)NC(=O)Nc1nc2nc(Nc3ccc4c(c3)OC(CN)O4)ncc2cc1-c1ccccc1. The van der Waals surface area contributed by atoms with Gasteiger partial charge in [-0.25, -0.2) is 14.8 Å². The van der Waals surface area contributed by atoms with Gasteiger partial charge in [0.25, 0.3) is 6.29 Å². The summed E-state index contributed by atoms with van der Waals surface area (Å²) in [6.45, 7) is 5.66. The molecule has 10 heteroatoms. The summed E-state index contributed by atoms with van der Waals surface area (Å²) in [5, 5.41) is 9.30. The van der Waals surface area contributed by atoms with Crippen molar-refractivity contribution in [2.24, 2.45) is 5.73 Å². The van der Waals surface area contributed by atoms with Crippen molar-refractivity contribution in [1.29, 1.82) is 0 Å². The Balaban J connectivity index is 1.47. The molecule has 0 spiro atoms. The van der Waals surface area contributed by atoms with Crippen molar-refractivity contribution >= 4 is 34.5 Å². The number of pyridine rings is 1. The van der Waals surface area contributed by atoms with E-state index in [9.17, 15) is 4.79 Å². The molecule has 0 fully saturated rings. The first kappa shape index (κ1) is 22.1. The number of nitrogens with two attached hydrogens (primary N) is 1. The van der Waals surface area contributed by atoms with Crippen LogP contribution in [0.1, 0.15) is 6.92 Å². The lowest BCUT2D eigenvalue weighted by molar-refractivity contribution is 0.0581. The van der Waals surface area contributed by atoms with E-state index in [-0.39, 0.29) is 6.54 Å². The summed E-state index contributed by atoms with van der Waals surface area (Å²) >= 11 is 0. The molecule has 0 radical (unpaired) electrons. The van der Waals surface area contributed by atoms with Crippen molar-refractivity contribution in [2.45, 2.75) is 13.2 Å². The third-order valence-corrected chi connectivity index (χ3v) is 5.12. The summed E-state index contributed by atoms with van der Waals surface area (Å²) in [6, 6.07) is 16.5. The molecule has 0 aliphatic carbocycles. The van der Waals surface area contributed by atoms with Crippen LogP contribution < -0.4 is 31.2 Å². The molecule has 2 aromatic carbocycles. The van der Waals surface area contributed by atoms with Crippen molar-refractivity contribution in [3.8, 4) is 22.6 Å². The quantitative estimate of drug-likeness (QED) is 0.331. The summed E-state index contributed by atoms with van der Waals surface area (Å²) in [5.74, 6) is 1.92. The Morgan fingerprint density at radius 3 is 2.66 bits per heavy atom. The molecular formula is C25H23N7O3. The highest BCUT2D eigenvalue weighted by molar-refractivity contribution is 5.96. The Bertz CT molecular complexity index is 1430. The van der Waals surface area contributed by atoms with Crippen LogP contribution in [0.15, 0.2) is 73.1 Å². The van der Waals surface area contributed by atoms with Crippen LogP contribution in [0, 0.1) is 0 Å². The number of hydrogen-bond acceptors (Lipinski definition) is 8. The predicted octanol–water partition coefficient (Wildman–Crippen LogP) is 4.15. The number of nitrogens with one attached hydrogen (secondary N) is 3. The number of amides is 2. The molecule has 2 amide bonds. The number of allylic oxidation sites excluding steroid dienone is 1. The van der Waals surface area contributed by atoms with Crippen LogP contribution in [-0.4, -0.2) is 33.8 Å². The van der Waals surface area contributed by atoms with Gasteiger partial charge in [-0.15, -0.1) is 0 Å². The maximum absolute atomic E-state index is 12.4. The lowest BCUT2D eigenvalue weighted by Crippen LogP contribution is -2.27. The molecule has 35 heavy (non-hydrogen) atoms. The summed E-state index contributed by atoms with van der Waals surface area (Å²) in [6.07, 6.45) is 1.19. The van der Waals surface area contributed by atoms with Gasteiger partial charge < -0.3 is 25.8 Å². The van der Waals surface area contributed by atoms with Crippen molar-refractivity contribution in [1.82, 2.24) is 20.3 Å². The van der Waals surface area contributed by atoms with E-state index in [1.165, 1.54) is 0 Å². The molecule has 1 unspecified atom stereocenters. The molecule has 4 aromatic rings. The number of urea groups is 1. The number of ether oxygens (including phenoxy) is 2. The third-order valence-electron chi connectivity index (χ3n) is 5.12. The van der Waals surface area contributed by atoms with Gasteiger partial charge in [0.2, 0.25) is 5.95 Å². The maximum atomic E-state index is 12.4. The molecule has 0 saturated heterocycles. The van der Waals surface area contributed by atoms with Crippen LogP contribution in [0.4, 0.5) is 22.2 Å². The number of carbonyl (C=O) groups is 1. The van der Waals surface area contributed by atoms with Crippen LogP contribution in [0.25, 0.3) is 22.2 Å². The van der Waals surface area contributed by atoms with Crippen molar-refractivity contribution in [2.75, 3.05) is 17.2 Å². The highest BCUT2D eigenvalue weighted by atomic mass is 16.7. The van der Waals surface area contributed by atoms with E-state index < -0.39 is 12.3 Å². The average molecular weight is 470 g/mol. The minimum Gasteiger partial charge on any atom is -0.450 e. The van der Waals surface area contributed by atoms with Gasteiger partial charge in [-0.3, -0.25) is 5.32 Å². The van der Waals surface area contributed by atoms with Gasteiger partial charge in [-0.05, 0) is 30.7 Å². The first-order valence-corrected chi connectivity index (χ1v) is 10.9. The Labute approximate surface area is 201 Å². The van der Waals surface area contributed by atoms with Gasteiger partial charge in [0.1, 0.15) is 5.82 Å². The number of aromatic nitrogens is 3. The number of anilines is 3. The fourth-order valence-corrected chi connectivity index (χ4v) is 3.60. The molecule has 3 heterocycles. The summed E-state index contributed by atoms with van der Waals surface area (Å²) in [5.41, 5.74) is 8.89. The van der Waals surface area contributed by atoms with E-state index in [4.69, 9.17) is 15.2 Å². The molecule has 5 rings (SSSR count). The Morgan fingerprint density at radius 1 is 1.09 bits per heavy atom. The third kappa shape index (κ3) is 4.82. The molecule has 1 aliphatic heterocycles. The highest BCUT2D eigenvalue weighted by Crippen LogP contribution is 2.37. The van der Waals surface area contributed by atoms with E-state index in [1.807, 2.05) is 42.5 Å². The Hall–Kier alpha value is -4.70. The zero-order chi connectivity index (χ0) is 24.4. The van der Waals surface area contributed by atoms with Gasteiger partial charge in [0.05, 0.1) is 6.54 Å². The Morgan fingerprint density at radius 2 is 1.89 bits per heavy atom. The number of hydrogen-bond donors (Lipinski definition) is 4. The zero-order valence-electron chi connectivity index (χ0n) is 18.9.